The van der Waals surface area contributed by atoms with E-state index in [4.69, 9.17) is 19.2 Å². The van der Waals surface area contributed by atoms with Gasteiger partial charge in [-0.3, -0.25) is 9.89 Å². The van der Waals surface area contributed by atoms with E-state index in [1.165, 1.54) is 5.56 Å². The van der Waals surface area contributed by atoms with Crippen LogP contribution in [0.4, 0.5) is 5.69 Å². The fourth-order valence-electron chi connectivity index (χ4n) is 3.64. The van der Waals surface area contributed by atoms with E-state index in [1.807, 2.05) is 31.2 Å². The van der Waals surface area contributed by atoms with E-state index < -0.39 is 0 Å². The molecule has 2 N–H and O–H groups in total. The lowest BCUT2D eigenvalue weighted by atomic mass is 10.1. The van der Waals surface area contributed by atoms with Gasteiger partial charge in [0, 0.05) is 31.4 Å². The summed E-state index contributed by atoms with van der Waals surface area (Å²) in [6.07, 6.45) is 0. The Morgan fingerprint density at radius 2 is 1.84 bits per heavy atom. The van der Waals surface area contributed by atoms with Gasteiger partial charge in [0.1, 0.15) is 0 Å². The van der Waals surface area contributed by atoms with Crippen molar-refractivity contribution in [2.75, 3.05) is 58.4 Å². The van der Waals surface area contributed by atoms with Crippen LogP contribution in [0.1, 0.15) is 25.5 Å². The van der Waals surface area contributed by atoms with Gasteiger partial charge in [-0.2, -0.15) is 0 Å². The van der Waals surface area contributed by atoms with Gasteiger partial charge in [-0.1, -0.05) is 30.3 Å². The topological polar surface area (TPSA) is 67.4 Å². The van der Waals surface area contributed by atoms with Gasteiger partial charge in [-0.15, -0.1) is 24.0 Å². The molecule has 1 aliphatic rings. The summed E-state index contributed by atoms with van der Waals surface area (Å²) in [7, 11) is 1.65. The lowest BCUT2D eigenvalue weighted by Crippen LogP contribution is -2.40. The zero-order chi connectivity index (χ0) is 21.9. The standard InChI is InChI=1S/C24H34N4O3.HI/c1-4-25-24(27-20-11-12-22(31-5-2)23(17-20)29-3)26-18-21(19-9-7-6-8-10-19)28-13-15-30-16-14-28;/h6-12,17,21H,4-5,13-16,18H2,1-3H3,(H2,25,26,27);1H. The molecular weight excluding hydrogens is 519 g/mol. The van der Waals surface area contributed by atoms with E-state index in [2.05, 4.69) is 46.7 Å². The van der Waals surface area contributed by atoms with Crippen molar-refractivity contribution in [2.24, 2.45) is 4.99 Å². The monoisotopic (exact) mass is 554 g/mol. The van der Waals surface area contributed by atoms with Crippen LogP contribution in [-0.2, 0) is 4.74 Å². The largest absolute Gasteiger partial charge is 0.493 e. The van der Waals surface area contributed by atoms with Crippen molar-refractivity contribution in [3.8, 4) is 11.5 Å². The number of benzene rings is 2. The molecule has 8 heteroatoms. The fraction of sp³-hybridized carbons (Fsp3) is 0.458. The molecule has 0 aromatic heterocycles. The van der Waals surface area contributed by atoms with Crippen molar-refractivity contribution in [1.29, 1.82) is 0 Å². The number of rotatable bonds is 9. The number of methoxy groups -OCH3 is 1. The van der Waals surface area contributed by atoms with E-state index in [-0.39, 0.29) is 30.0 Å². The Morgan fingerprint density at radius 1 is 1.09 bits per heavy atom. The van der Waals surface area contributed by atoms with Crippen molar-refractivity contribution in [1.82, 2.24) is 10.2 Å². The van der Waals surface area contributed by atoms with E-state index in [9.17, 15) is 0 Å². The van der Waals surface area contributed by atoms with Gasteiger partial charge in [-0.05, 0) is 31.5 Å². The Bertz CT molecular complexity index is 829. The number of nitrogens with one attached hydrogen (secondary N) is 2. The quantitative estimate of drug-likeness (QED) is 0.276. The van der Waals surface area contributed by atoms with E-state index >= 15 is 0 Å². The minimum Gasteiger partial charge on any atom is -0.493 e. The van der Waals surface area contributed by atoms with Crippen LogP contribution in [0, 0.1) is 0 Å². The number of hydrogen-bond donors (Lipinski definition) is 2. The highest BCUT2D eigenvalue weighted by Gasteiger charge is 2.22. The minimum absolute atomic E-state index is 0. The molecule has 3 rings (SSSR count). The summed E-state index contributed by atoms with van der Waals surface area (Å²) >= 11 is 0. The van der Waals surface area contributed by atoms with Crippen LogP contribution in [0.3, 0.4) is 0 Å². The van der Waals surface area contributed by atoms with Gasteiger partial charge < -0.3 is 24.8 Å². The first-order chi connectivity index (χ1) is 15.2. The van der Waals surface area contributed by atoms with E-state index in [1.54, 1.807) is 7.11 Å². The molecule has 176 valence electrons. The van der Waals surface area contributed by atoms with E-state index in [0.717, 1.165) is 50.2 Å². The lowest BCUT2D eigenvalue weighted by Gasteiger charge is -2.34. The van der Waals surface area contributed by atoms with Gasteiger partial charge in [0.2, 0.25) is 0 Å². The summed E-state index contributed by atoms with van der Waals surface area (Å²) in [5.41, 5.74) is 2.16. The second-order valence-corrected chi connectivity index (χ2v) is 7.22. The van der Waals surface area contributed by atoms with E-state index in [0.29, 0.717) is 18.9 Å². The summed E-state index contributed by atoms with van der Waals surface area (Å²) in [6.45, 7) is 9.38. The number of halogens is 1. The average Bonchev–Trinajstić information content (AvgIpc) is 2.82. The van der Waals surface area contributed by atoms with Gasteiger partial charge in [-0.25, -0.2) is 0 Å². The molecule has 2 aromatic rings. The van der Waals surface area contributed by atoms with Crippen LogP contribution < -0.4 is 20.1 Å². The van der Waals surface area contributed by atoms with Crippen molar-refractivity contribution < 1.29 is 14.2 Å². The zero-order valence-electron chi connectivity index (χ0n) is 19.2. The summed E-state index contributed by atoms with van der Waals surface area (Å²) in [6, 6.07) is 16.6. The SMILES string of the molecule is CCNC(=NCC(c1ccccc1)N1CCOCC1)Nc1ccc(OCC)c(OC)c1.I. The van der Waals surface area contributed by atoms with Crippen LogP contribution in [0.2, 0.25) is 0 Å². The molecule has 1 heterocycles. The average molecular weight is 554 g/mol. The lowest BCUT2D eigenvalue weighted by molar-refractivity contribution is 0.0180. The molecule has 32 heavy (non-hydrogen) atoms. The number of ether oxygens (including phenoxy) is 3. The molecule has 0 aliphatic carbocycles. The highest BCUT2D eigenvalue weighted by molar-refractivity contribution is 14.0. The van der Waals surface area contributed by atoms with Crippen LogP contribution in [-0.4, -0.2) is 64.0 Å². The predicted octanol–water partition coefficient (Wildman–Crippen LogP) is 4.16. The van der Waals surface area contributed by atoms with Gasteiger partial charge in [0.25, 0.3) is 0 Å². The van der Waals surface area contributed by atoms with Crippen LogP contribution in [0.15, 0.2) is 53.5 Å². The fourth-order valence-corrected chi connectivity index (χ4v) is 3.64. The van der Waals surface area contributed by atoms with Gasteiger partial charge >= 0.3 is 0 Å². The number of nitrogens with zero attached hydrogens (tertiary/aromatic N) is 2. The van der Waals surface area contributed by atoms with Gasteiger partial charge in [0.05, 0.1) is 39.5 Å². The third kappa shape index (κ3) is 7.53. The van der Waals surface area contributed by atoms with Crippen molar-refractivity contribution in [3.05, 3.63) is 54.1 Å². The molecule has 0 radical (unpaired) electrons. The third-order valence-electron chi connectivity index (χ3n) is 5.16. The Labute approximate surface area is 208 Å². The first kappa shape index (κ1) is 26.2. The number of morpholine rings is 1. The van der Waals surface area contributed by atoms with Gasteiger partial charge in [0.15, 0.2) is 17.5 Å². The number of hydrogen-bond acceptors (Lipinski definition) is 5. The molecule has 1 fully saturated rings. The second kappa shape index (κ2) is 14.2. The molecule has 7 nitrogen and oxygen atoms in total. The molecule has 0 bridgehead atoms. The summed E-state index contributed by atoms with van der Waals surface area (Å²) in [5.74, 6) is 2.16. The van der Waals surface area contributed by atoms with Crippen molar-refractivity contribution in [3.63, 3.8) is 0 Å². The molecular formula is C24H35IN4O3. The molecule has 1 saturated heterocycles. The molecule has 1 aliphatic heterocycles. The number of aliphatic imine (C=N–C) groups is 1. The molecule has 1 atom stereocenters. The third-order valence-corrected chi connectivity index (χ3v) is 5.16. The number of anilines is 1. The predicted molar refractivity (Wildman–Crippen MR) is 141 cm³/mol. The smallest absolute Gasteiger partial charge is 0.195 e. The Kier molecular flexibility index (Phi) is 11.6. The highest BCUT2D eigenvalue weighted by Crippen LogP contribution is 2.30. The minimum atomic E-state index is 0. The van der Waals surface area contributed by atoms with Crippen molar-refractivity contribution in [2.45, 2.75) is 19.9 Å². The Hall–Kier alpha value is -2.04. The van der Waals surface area contributed by atoms with Crippen LogP contribution in [0.5, 0.6) is 11.5 Å². The van der Waals surface area contributed by atoms with Crippen molar-refractivity contribution >= 4 is 35.6 Å². The molecule has 0 spiro atoms. The zero-order valence-corrected chi connectivity index (χ0v) is 21.5. The molecule has 0 amide bonds. The maximum atomic E-state index is 5.62. The number of guanidine groups is 1. The Balaban J connectivity index is 0.00000363. The Morgan fingerprint density at radius 3 is 2.50 bits per heavy atom. The maximum absolute atomic E-state index is 5.62. The van der Waals surface area contributed by atoms with Crippen LogP contribution in [0.25, 0.3) is 0 Å². The first-order valence-corrected chi connectivity index (χ1v) is 11.0. The molecule has 0 saturated carbocycles. The summed E-state index contributed by atoms with van der Waals surface area (Å²) < 4.78 is 16.6. The first-order valence-electron chi connectivity index (χ1n) is 11.0. The maximum Gasteiger partial charge on any atom is 0.195 e. The van der Waals surface area contributed by atoms with Crippen LogP contribution >= 0.6 is 24.0 Å². The second-order valence-electron chi connectivity index (χ2n) is 7.22. The highest BCUT2D eigenvalue weighted by atomic mass is 127. The summed E-state index contributed by atoms with van der Waals surface area (Å²) in [5, 5.41) is 6.74. The normalized spacial score (nSPS) is 15.4. The molecule has 2 aromatic carbocycles. The molecule has 1 unspecified atom stereocenters. The summed E-state index contributed by atoms with van der Waals surface area (Å²) in [4.78, 5) is 7.36.